The standard InChI is InChI=1S/C21H18Cl2N4O4S/c22-15-2-3-16(23)20(12-15)32(28,29)27-9-7-26(8-10-27)21-6-4-17(24-25-21)14-1-5-18-19(11-14)31-13-30-18/h1-6,11-12H,7-10,13H2. The Hall–Kier alpha value is -2.59. The zero-order chi connectivity index (χ0) is 22.3. The summed E-state index contributed by atoms with van der Waals surface area (Å²) >= 11 is 12.1. The van der Waals surface area contributed by atoms with Crippen LogP contribution < -0.4 is 14.4 Å². The number of ether oxygens (including phenoxy) is 2. The number of hydrogen-bond donors (Lipinski definition) is 0. The zero-order valence-corrected chi connectivity index (χ0v) is 19.1. The number of hydrogen-bond acceptors (Lipinski definition) is 7. The highest BCUT2D eigenvalue weighted by atomic mass is 35.5. The van der Waals surface area contributed by atoms with Gasteiger partial charge in [0.1, 0.15) is 4.90 Å². The molecule has 3 aromatic rings. The Morgan fingerprint density at radius 1 is 0.844 bits per heavy atom. The van der Waals surface area contributed by atoms with E-state index in [-0.39, 0.29) is 16.7 Å². The van der Waals surface area contributed by atoms with Crippen LogP contribution in [0.5, 0.6) is 11.5 Å². The van der Waals surface area contributed by atoms with Gasteiger partial charge in [-0.3, -0.25) is 0 Å². The third kappa shape index (κ3) is 3.97. The van der Waals surface area contributed by atoms with Gasteiger partial charge in [-0.05, 0) is 48.5 Å². The molecule has 2 aromatic carbocycles. The van der Waals surface area contributed by atoms with Crippen molar-refractivity contribution >= 4 is 39.0 Å². The maximum absolute atomic E-state index is 13.0. The Bertz CT molecular complexity index is 1260. The summed E-state index contributed by atoms with van der Waals surface area (Å²) in [6, 6.07) is 13.8. The molecule has 0 spiro atoms. The van der Waals surface area contributed by atoms with Crippen LogP contribution >= 0.6 is 23.2 Å². The highest BCUT2D eigenvalue weighted by molar-refractivity contribution is 7.89. The fraction of sp³-hybridized carbons (Fsp3) is 0.238. The summed E-state index contributed by atoms with van der Waals surface area (Å²) in [5.41, 5.74) is 1.59. The highest BCUT2D eigenvalue weighted by Gasteiger charge is 2.30. The third-order valence-corrected chi connectivity index (χ3v) is 8.01. The van der Waals surface area contributed by atoms with Crippen LogP contribution in [0.25, 0.3) is 11.3 Å². The molecule has 0 radical (unpaired) electrons. The quantitative estimate of drug-likeness (QED) is 0.548. The first-order valence-corrected chi connectivity index (χ1v) is 12.1. The minimum absolute atomic E-state index is 0.0213. The van der Waals surface area contributed by atoms with E-state index in [1.54, 1.807) is 6.07 Å². The van der Waals surface area contributed by atoms with Gasteiger partial charge in [0.25, 0.3) is 0 Å². The molecule has 0 amide bonds. The number of aromatic nitrogens is 2. The second-order valence-corrected chi connectivity index (χ2v) is 10.1. The lowest BCUT2D eigenvalue weighted by atomic mass is 10.1. The number of benzene rings is 2. The Kier molecular flexibility index (Phi) is 5.58. The topological polar surface area (TPSA) is 84.9 Å². The number of anilines is 1. The van der Waals surface area contributed by atoms with E-state index in [2.05, 4.69) is 10.2 Å². The molecule has 2 aliphatic heterocycles. The van der Waals surface area contributed by atoms with Crippen molar-refractivity contribution in [3.8, 4) is 22.8 Å². The normalized spacial score (nSPS) is 16.4. The Morgan fingerprint density at radius 2 is 1.62 bits per heavy atom. The first kappa shape index (κ1) is 21.3. The minimum atomic E-state index is -3.74. The Balaban J connectivity index is 1.28. The molecule has 0 unspecified atom stereocenters. The van der Waals surface area contributed by atoms with Crippen LogP contribution in [0, 0.1) is 0 Å². The van der Waals surface area contributed by atoms with E-state index in [1.807, 2.05) is 35.2 Å². The van der Waals surface area contributed by atoms with Crippen molar-refractivity contribution in [2.24, 2.45) is 0 Å². The van der Waals surface area contributed by atoms with Gasteiger partial charge >= 0.3 is 0 Å². The summed E-state index contributed by atoms with van der Waals surface area (Å²) in [7, 11) is -3.74. The van der Waals surface area contributed by atoms with Gasteiger partial charge in [-0.1, -0.05) is 23.2 Å². The zero-order valence-electron chi connectivity index (χ0n) is 16.7. The fourth-order valence-corrected chi connectivity index (χ4v) is 5.83. The predicted octanol–water partition coefficient (Wildman–Crippen LogP) is 3.69. The van der Waals surface area contributed by atoms with E-state index < -0.39 is 10.0 Å². The number of sulfonamides is 1. The average molecular weight is 493 g/mol. The summed E-state index contributed by atoms with van der Waals surface area (Å²) in [5.74, 6) is 2.09. The molecule has 166 valence electrons. The van der Waals surface area contributed by atoms with Crippen molar-refractivity contribution in [2.45, 2.75) is 4.90 Å². The van der Waals surface area contributed by atoms with Gasteiger partial charge in [-0.15, -0.1) is 10.2 Å². The van der Waals surface area contributed by atoms with Crippen molar-refractivity contribution in [1.82, 2.24) is 14.5 Å². The van der Waals surface area contributed by atoms with Gasteiger partial charge < -0.3 is 14.4 Å². The molecule has 0 saturated carbocycles. The molecule has 5 rings (SSSR count). The smallest absolute Gasteiger partial charge is 0.244 e. The van der Waals surface area contributed by atoms with Crippen molar-refractivity contribution in [1.29, 1.82) is 0 Å². The number of halogens is 2. The van der Waals surface area contributed by atoms with Crippen molar-refractivity contribution in [2.75, 3.05) is 37.9 Å². The second kappa shape index (κ2) is 8.40. The molecule has 32 heavy (non-hydrogen) atoms. The number of rotatable bonds is 4. The first-order valence-electron chi connectivity index (χ1n) is 9.86. The van der Waals surface area contributed by atoms with Crippen LogP contribution in [-0.4, -0.2) is 55.9 Å². The first-order chi connectivity index (χ1) is 15.4. The van der Waals surface area contributed by atoms with E-state index in [4.69, 9.17) is 32.7 Å². The van der Waals surface area contributed by atoms with E-state index >= 15 is 0 Å². The molecule has 1 fully saturated rings. The fourth-order valence-electron chi connectivity index (χ4n) is 3.68. The number of fused-ring (bicyclic) bond motifs is 1. The SMILES string of the molecule is O=S(=O)(c1cc(Cl)ccc1Cl)N1CCN(c2ccc(-c3ccc4c(c3)OCO4)nn2)CC1. The molecule has 11 heteroatoms. The lowest BCUT2D eigenvalue weighted by molar-refractivity contribution is 0.174. The molecule has 8 nitrogen and oxygen atoms in total. The van der Waals surface area contributed by atoms with Crippen molar-refractivity contribution in [3.05, 3.63) is 58.6 Å². The van der Waals surface area contributed by atoms with Crippen LogP contribution in [0.3, 0.4) is 0 Å². The Morgan fingerprint density at radius 3 is 2.38 bits per heavy atom. The largest absolute Gasteiger partial charge is 0.454 e. The lowest BCUT2D eigenvalue weighted by Crippen LogP contribution is -2.49. The summed E-state index contributed by atoms with van der Waals surface area (Å²) in [6.07, 6.45) is 0. The molecule has 0 N–H and O–H groups in total. The molecule has 0 aliphatic carbocycles. The molecule has 1 aromatic heterocycles. The van der Waals surface area contributed by atoms with Gasteiger partial charge in [0.2, 0.25) is 16.8 Å². The number of piperazine rings is 1. The summed E-state index contributed by atoms with van der Waals surface area (Å²) in [6.45, 7) is 1.78. The molecular formula is C21H18Cl2N4O4S. The van der Waals surface area contributed by atoms with Gasteiger partial charge in [-0.2, -0.15) is 4.31 Å². The van der Waals surface area contributed by atoms with Crippen LogP contribution in [0.1, 0.15) is 0 Å². The highest BCUT2D eigenvalue weighted by Crippen LogP contribution is 2.35. The van der Waals surface area contributed by atoms with E-state index in [0.29, 0.717) is 54.2 Å². The third-order valence-electron chi connectivity index (χ3n) is 5.39. The van der Waals surface area contributed by atoms with Crippen LogP contribution in [0.15, 0.2) is 53.4 Å². The van der Waals surface area contributed by atoms with Crippen LogP contribution in [0.2, 0.25) is 10.0 Å². The van der Waals surface area contributed by atoms with E-state index in [9.17, 15) is 8.42 Å². The van der Waals surface area contributed by atoms with E-state index in [1.165, 1.54) is 16.4 Å². The summed E-state index contributed by atoms with van der Waals surface area (Å²) in [4.78, 5) is 2.02. The maximum atomic E-state index is 13.0. The average Bonchev–Trinajstić information content (AvgIpc) is 3.29. The minimum Gasteiger partial charge on any atom is -0.454 e. The van der Waals surface area contributed by atoms with E-state index in [0.717, 1.165) is 5.56 Å². The lowest BCUT2D eigenvalue weighted by Gasteiger charge is -2.34. The Labute approximate surface area is 195 Å². The molecular weight excluding hydrogens is 475 g/mol. The second-order valence-electron chi connectivity index (χ2n) is 7.31. The molecule has 3 heterocycles. The predicted molar refractivity (Wildman–Crippen MR) is 121 cm³/mol. The van der Waals surface area contributed by atoms with Gasteiger partial charge in [0.15, 0.2) is 17.3 Å². The molecule has 0 bridgehead atoms. The van der Waals surface area contributed by atoms with Crippen molar-refractivity contribution < 1.29 is 17.9 Å². The molecule has 0 atom stereocenters. The van der Waals surface area contributed by atoms with Crippen molar-refractivity contribution in [3.63, 3.8) is 0 Å². The summed E-state index contributed by atoms with van der Waals surface area (Å²) in [5, 5.41) is 9.15. The molecule has 1 saturated heterocycles. The van der Waals surface area contributed by atoms with Gasteiger partial charge in [0, 0.05) is 36.8 Å². The van der Waals surface area contributed by atoms with Crippen LogP contribution in [0.4, 0.5) is 5.82 Å². The van der Waals surface area contributed by atoms with Crippen LogP contribution in [-0.2, 0) is 10.0 Å². The monoisotopic (exact) mass is 492 g/mol. The van der Waals surface area contributed by atoms with Gasteiger partial charge in [0.05, 0.1) is 10.7 Å². The molecule has 2 aliphatic rings. The van der Waals surface area contributed by atoms with Gasteiger partial charge in [-0.25, -0.2) is 8.42 Å². The summed E-state index contributed by atoms with van der Waals surface area (Å²) < 4.78 is 38.2. The maximum Gasteiger partial charge on any atom is 0.244 e. The number of nitrogens with zero attached hydrogens (tertiary/aromatic N) is 4.